The van der Waals surface area contributed by atoms with Crippen molar-refractivity contribution < 1.29 is 110 Å². The SMILES string of the molecule is Cc1nnc(-c2ccc(OCCOCCOCCOCCOCCC(=O)N(CCNC(=O)CCCNCC3O[C@H](OP(=O)(O)OP(=O)(O)OC[C@H]4O[C@@H](n5cnc6c(=O)[nH]c(N)nc65)C(O)[C@H]4O)C(O)[C@@H](O)[C@@H]3O)CCOCCOCCN=[N+]=[N-])cc2)nn1. The maximum Gasteiger partial charge on any atom is 0.483 e. The van der Waals surface area contributed by atoms with Gasteiger partial charge in [-0.2, -0.15) is 9.29 Å². The number of anilines is 1. The van der Waals surface area contributed by atoms with E-state index in [9.17, 15) is 58.8 Å². The Morgan fingerprint density at radius 1 is 0.775 bits per heavy atom. The molecule has 0 aliphatic carbocycles. The summed E-state index contributed by atoms with van der Waals surface area (Å²) in [5.41, 5.74) is 13.7. The number of aliphatic hydroxyl groups excluding tert-OH is 5. The van der Waals surface area contributed by atoms with Crippen LogP contribution in [0.3, 0.4) is 0 Å². The van der Waals surface area contributed by atoms with Crippen molar-refractivity contribution in [2.24, 2.45) is 5.11 Å². The number of benzene rings is 1. The van der Waals surface area contributed by atoms with Crippen LogP contribution in [0, 0.1) is 6.92 Å². The molecule has 0 saturated carbocycles. The predicted molar refractivity (Wildman–Crippen MR) is 301 cm³/mol. The minimum absolute atomic E-state index is 0.00271. The Morgan fingerprint density at radius 2 is 1.40 bits per heavy atom. The molecule has 11 atom stereocenters. The molecular weight excluding hydrogens is 1230 g/mol. The summed E-state index contributed by atoms with van der Waals surface area (Å²) in [6, 6.07) is 7.23. The van der Waals surface area contributed by atoms with Crippen LogP contribution in [-0.2, 0) is 70.0 Å². The molecule has 2 saturated heterocycles. The molecule has 2 aliphatic heterocycles. The first-order chi connectivity index (χ1) is 42.8. The molecule has 5 unspecified atom stereocenters. The molecule has 39 nitrogen and oxygen atoms in total. The van der Waals surface area contributed by atoms with Crippen LogP contribution >= 0.6 is 15.6 Å². The third-order valence-corrected chi connectivity index (χ3v) is 15.4. The molecule has 89 heavy (non-hydrogen) atoms. The molecule has 0 radical (unpaired) electrons. The van der Waals surface area contributed by atoms with E-state index in [2.05, 4.69) is 60.3 Å². The number of fused-ring (bicyclic) bond motifs is 1. The predicted octanol–water partition coefficient (Wildman–Crippen LogP) is -2.87. The van der Waals surface area contributed by atoms with Gasteiger partial charge in [-0.25, -0.2) is 14.1 Å². The summed E-state index contributed by atoms with van der Waals surface area (Å²) in [6.07, 6.45) is -15.0. The van der Waals surface area contributed by atoms with Gasteiger partial charge in [-0.05, 0) is 49.7 Å². The molecule has 41 heteroatoms. The Kier molecular flexibility index (Phi) is 30.3. The Balaban J connectivity index is 0.818. The first-order valence-corrected chi connectivity index (χ1v) is 30.9. The molecular formula is C48H75N15O24P2. The smallest absolute Gasteiger partial charge is 0.483 e. The van der Waals surface area contributed by atoms with Gasteiger partial charge in [-0.15, -0.1) is 20.4 Å². The highest BCUT2D eigenvalue weighted by Crippen LogP contribution is 2.61. The number of aromatic nitrogens is 8. The maximum absolute atomic E-state index is 13.3. The van der Waals surface area contributed by atoms with Crippen LogP contribution < -0.4 is 26.7 Å². The van der Waals surface area contributed by atoms with E-state index in [0.29, 0.717) is 57.0 Å². The number of nitrogens with two attached hydrogens (primary N) is 1. The van der Waals surface area contributed by atoms with E-state index in [0.717, 1.165) is 16.5 Å². The number of nitrogen functional groups attached to an aromatic ring is 1. The fraction of sp³-hybridized carbons (Fsp3) is 0.688. The van der Waals surface area contributed by atoms with Gasteiger partial charge < -0.3 is 99.2 Å². The summed E-state index contributed by atoms with van der Waals surface area (Å²) in [7, 11) is -11.4. The van der Waals surface area contributed by atoms with Crippen LogP contribution in [0.4, 0.5) is 5.95 Å². The van der Waals surface area contributed by atoms with Crippen molar-refractivity contribution in [3.8, 4) is 17.1 Å². The largest absolute Gasteiger partial charge is 0.491 e. The molecule has 2 fully saturated rings. The lowest BCUT2D eigenvalue weighted by Crippen LogP contribution is -2.60. The Labute approximate surface area is 507 Å². The lowest BCUT2D eigenvalue weighted by Gasteiger charge is -2.40. The molecule has 6 rings (SSSR count). The minimum atomic E-state index is -5.74. The first kappa shape index (κ1) is 72.1. The van der Waals surface area contributed by atoms with Gasteiger partial charge in [0, 0.05) is 49.6 Å². The summed E-state index contributed by atoms with van der Waals surface area (Å²) in [5, 5.41) is 77.8. The number of H-pyrrole nitrogens is 1. The average molecular weight is 1310 g/mol. The van der Waals surface area contributed by atoms with Crippen LogP contribution in [0.1, 0.15) is 31.3 Å². The fourth-order valence-electron chi connectivity index (χ4n) is 8.31. The monoisotopic (exact) mass is 1310 g/mol. The van der Waals surface area contributed by atoms with Gasteiger partial charge >= 0.3 is 15.6 Å². The van der Waals surface area contributed by atoms with E-state index in [1.165, 1.54) is 4.90 Å². The number of nitrogens with zero attached hydrogens (tertiary/aromatic N) is 11. The van der Waals surface area contributed by atoms with Gasteiger partial charge in [0.25, 0.3) is 5.56 Å². The van der Waals surface area contributed by atoms with Crippen LogP contribution in [0.25, 0.3) is 33.0 Å². The summed E-state index contributed by atoms with van der Waals surface area (Å²) >= 11 is 0. The van der Waals surface area contributed by atoms with E-state index >= 15 is 0 Å². The van der Waals surface area contributed by atoms with Gasteiger partial charge in [0.05, 0.1) is 98.6 Å². The Bertz CT molecular complexity index is 2990. The average Bonchev–Trinajstić information content (AvgIpc) is 1.81. The van der Waals surface area contributed by atoms with Crippen LogP contribution in [0.15, 0.2) is 40.5 Å². The number of phosphoric ester groups is 2. The van der Waals surface area contributed by atoms with E-state index in [-0.39, 0.29) is 134 Å². The normalized spacial score (nSPS) is 22.3. The highest BCUT2D eigenvalue weighted by atomic mass is 31.3. The number of hydrogen-bond acceptors (Lipinski definition) is 31. The highest BCUT2D eigenvalue weighted by Gasteiger charge is 2.50. The van der Waals surface area contributed by atoms with Crippen LogP contribution in [0.5, 0.6) is 5.75 Å². The van der Waals surface area contributed by atoms with Crippen LogP contribution in [0.2, 0.25) is 0 Å². The van der Waals surface area contributed by atoms with Gasteiger partial charge in [0.2, 0.25) is 23.6 Å². The minimum Gasteiger partial charge on any atom is -0.491 e. The lowest BCUT2D eigenvalue weighted by atomic mass is 9.99. The summed E-state index contributed by atoms with van der Waals surface area (Å²) in [4.78, 5) is 73.2. The van der Waals surface area contributed by atoms with Gasteiger partial charge in [0.1, 0.15) is 55.1 Å². The molecule has 1 aromatic carbocycles. The second kappa shape index (κ2) is 37.4. The number of azide groups is 1. The van der Waals surface area contributed by atoms with Crippen molar-refractivity contribution in [1.29, 1.82) is 0 Å². The van der Waals surface area contributed by atoms with Crippen molar-refractivity contribution in [2.75, 3.05) is 137 Å². The number of aryl methyl sites for hydroxylation is 1. The molecule has 4 aromatic rings. The maximum atomic E-state index is 13.3. The molecule has 0 spiro atoms. The zero-order chi connectivity index (χ0) is 64.2. The third-order valence-electron chi connectivity index (χ3n) is 12.8. The molecule has 2 amide bonds. The quantitative estimate of drug-likeness (QED) is 0.00697. The van der Waals surface area contributed by atoms with E-state index in [1.807, 2.05) is 12.1 Å². The van der Waals surface area contributed by atoms with Crippen LogP contribution in [-0.4, -0.2) is 273 Å². The number of imidazole rings is 1. The van der Waals surface area contributed by atoms with Crippen molar-refractivity contribution in [3.63, 3.8) is 0 Å². The number of phosphoric acid groups is 2. The zero-order valence-corrected chi connectivity index (χ0v) is 50.1. The standard InChI is InChI=1S/C48H75N15O24P2/c1-30-57-59-43(60-58-30)31-4-6-32(7-5-31)82-26-25-81-24-23-80-22-21-79-20-17-76-14-8-36(65)62(13-16-78-19-18-77-15-11-54-61-50)12-10-52-35(64)3-2-9-51-27-33-38(66)40(68)42(70)47(85-33)86-89(74,75)87-88(72,73)83-28-34-39(67)41(69)46(84-34)63-29-53-37-44(63)55-48(49)56-45(37)71/h4-7,29,33-34,38-42,46-47,51,66-70H,2-3,8-28H2,1H3,(H,52,64)(H,72,73)(H,74,75)(H3,49,55,56,71)/t33?,34-,38-,39+,40+,41?,42?,46-,47-/m1/s1. The molecule has 3 aromatic heterocycles. The lowest BCUT2D eigenvalue weighted by molar-refractivity contribution is -0.274. The third kappa shape index (κ3) is 24.3. The van der Waals surface area contributed by atoms with Gasteiger partial charge in [-0.3, -0.25) is 33.0 Å². The van der Waals surface area contributed by atoms with Crippen molar-refractivity contribution in [2.45, 2.75) is 81.4 Å². The van der Waals surface area contributed by atoms with E-state index in [1.54, 1.807) is 19.1 Å². The number of aliphatic hydroxyl groups is 5. The van der Waals surface area contributed by atoms with Crippen molar-refractivity contribution in [1.82, 2.24) is 55.4 Å². The van der Waals surface area contributed by atoms with E-state index < -0.39 is 83.1 Å². The Hall–Kier alpha value is -5.94. The van der Waals surface area contributed by atoms with Gasteiger partial charge in [-0.1, -0.05) is 5.11 Å². The zero-order valence-electron chi connectivity index (χ0n) is 48.3. The Morgan fingerprint density at radius 3 is 2.08 bits per heavy atom. The molecule has 2 aliphatic rings. The number of rotatable bonds is 43. The molecule has 0 bridgehead atoms. The van der Waals surface area contributed by atoms with Crippen molar-refractivity contribution in [3.05, 3.63) is 57.2 Å². The van der Waals surface area contributed by atoms with E-state index in [4.69, 9.17) is 62.9 Å². The first-order valence-electron chi connectivity index (χ1n) is 27.9. The second-order valence-electron chi connectivity index (χ2n) is 19.3. The number of carbonyl (C=O) groups excluding carboxylic acids is 2. The second-order valence-corrected chi connectivity index (χ2v) is 22.3. The molecule has 496 valence electrons. The number of aromatic amines is 1. The highest BCUT2D eigenvalue weighted by molar-refractivity contribution is 7.61. The van der Waals surface area contributed by atoms with Gasteiger partial charge in [0.15, 0.2) is 29.5 Å². The molecule has 12 N–H and O–H groups in total. The summed E-state index contributed by atoms with van der Waals surface area (Å²) in [5.74, 6) is 0.642. The number of carbonyl (C=O) groups is 2. The number of hydrogen-bond donors (Lipinski definition) is 11. The fourth-order valence-corrected chi connectivity index (χ4v) is 10.5. The number of nitrogens with one attached hydrogen (secondary N) is 3. The topological polar surface area (TPSA) is 538 Å². The number of amides is 2. The summed E-state index contributed by atoms with van der Waals surface area (Å²) < 4.78 is 90.5. The number of ether oxygens (including phenoxy) is 9. The molecule has 5 heterocycles. The summed E-state index contributed by atoms with van der Waals surface area (Å²) in [6.45, 7) is 4.60. The van der Waals surface area contributed by atoms with Crippen molar-refractivity contribution >= 4 is 44.6 Å².